The highest BCUT2D eigenvalue weighted by Gasteiger charge is 2.03. The fraction of sp³-hybridized carbons (Fsp3) is 0.100. The zero-order chi connectivity index (χ0) is 9.26. The van der Waals surface area contributed by atoms with Gasteiger partial charge in [-0.3, -0.25) is 0 Å². The SMILES string of the molecule is Cc1ccc(Cl)cc1-c1cscn1. The number of rotatable bonds is 1. The Kier molecular flexibility index (Phi) is 2.34. The largest absolute Gasteiger partial charge is 0.245 e. The van der Waals surface area contributed by atoms with Crippen LogP contribution >= 0.6 is 22.9 Å². The number of thiazole rings is 1. The van der Waals surface area contributed by atoms with Crippen molar-refractivity contribution < 1.29 is 0 Å². The molecule has 1 aromatic carbocycles. The highest BCUT2D eigenvalue weighted by molar-refractivity contribution is 7.07. The van der Waals surface area contributed by atoms with Gasteiger partial charge in [-0.25, -0.2) is 4.98 Å². The minimum Gasteiger partial charge on any atom is -0.245 e. The number of hydrogen-bond donors (Lipinski definition) is 0. The Morgan fingerprint density at radius 1 is 1.38 bits per heavy atom. The first-order valence-corrected chi connectivity index (χ1v) is 5.24. The second kappa shape index (κ2) is 3.48. The first-order chi connectivity index (χ1) is 6.27. The molecule has 0 saturated heterocycles. The van der Waals surface area contributed by atoms with Gasteiger partial charge in [-0.15, -0.1) is 11.3 Å². The summed E-state index contributed by atoms with van der Waals surface area (Å²) in [6, 6.07) is 5.86. The summed E-state index contributed by atoms with van der Waals surface area (Å²) in [6.07, 6.45) is 0. The van der Waals surface area contributed by atoms with Crippen LogP contribution < -0.4 is 0 Å². The van der Waals surface area contributed by atoms with Crippen LogP contribution in [0, 0.1) is 6.92 Å². The Hall–Kier alpha value is -0.860. The number of halogens is 1. The number of aromatic nitrogens is 1. The topological polar surface area (TPSA) is 12.9 Å². The Morgan fingerprint density at radius 2 is 2.23 bits per heavy atom. The maximum Gasteiger partial charge on any atom is 0.0814 e. The van der Waals surface area contributed by atoms with Crippen molar-refractivity contribution in [3.8, 4) is 11.3 Å². The molecule has 0 amide bonds. The number of benzene rings is 1. The van der Waals surface area contributed by atoms with E-state index in [4.69, 9.17) is 11.6 Å². The molecule has 0 spiro atoms. The molecule has 2 rings (SSSR count). The molecule has 0 aliphatic carbocycles. The number of aryl methyl sites for hydroxylation is 1. The molecular weight excluding hydrogens is 202 g/mol. The van der Waals surface area contributed by atoms with Gasteiger partial charge in [0.15, 0.2) is 0 Å². The van der Waals surface area contributed by atoms with Crippen molar-refractivity contribution in [2.45, 2.75) is 6.92 Å². The Morgan fingerprint density at radius 3 is 2.92 bits per heavy atom. The van der Waals surface area contributed by atoms with Gasteiger partial charge in [0.2, 0.25) is 0 Å². The average Bonchev–Trinajstić information content (AvgIpc) is 2.61. The fourth-order valence-electron chi connectivity index (χ4n) is 1.22. The maximum atomic E-state index is 5.91. The third-order valence-corrected chi connectivity index (χ3v) is 2.73. The van der Waals surface area contributed by atoms with Crippen LogP contribution in [0.15, 0.2) is 29.1 Å². The van der Waals surface area contributed by atoms with Gasteiger partial charge in [-0.05, 0) is 24.6 Å². The van der Waals surface area contributed by atoms with Crippen molar-refractivity contribution in [3.05, 3.63) is 39.7 Å². The van der Waals surface area contributed by atoms with Gasteiger partial charge >= 0.3 is 0 Å². The second-order valence-corrected chi connectivity index (χ2v) is 3.99. The Labute approximate surface area is 86.0 Å². The lowest BCUT2D eigenvalue weighted by molar-refractivity contribution is 1.37. The van der Waals surface area contributed by atoms with E-state index in [2.05, 4.69) is 11.9 Å². The predicted molar refractivity (Wildman–Crippen MR) is 57.3 cm³/mol. The van der Waals surface area contributed by atoms with Gasteiger partial charge < -0.3 is 0 Å². The molecule has 0 aliphatic heterocycles. The Bertz CT molecular complexity index is 409. The first-order valence-electron chi connectivity index (χ1n) is 3.92. The van der Waals surface area contributed by atoms with E-state index in [1.54, 1.807) is 11.3 Å². The summed E-state index contributed by atoms with van der Waals surface area (Å²) in [5, 5.41) is 2.78. The molecule has 0 unspecified atom stereocenters. The van der Waals surface area contributed by atoms with Crippen LogP contribution in [-0.2, 0) is 0 Å². The monoisotopic (exact) mass is 209 g/mol. The van der Waals surface area contributed by atoms with E-state index in [0.29, 0.717) is 0 Å². The number of nitrogens with zero attached hydrogens (tertiary/aromatic N) is 1. The highest BCUT2D eigenvalue weighted by Crippen LogP contribution is 2.25. The van der Waals surface area contributed by atoms with Gasteiger partial charge in [-0.2, -0.15) is 0 Å². The lowest BCUT2D eigenvalue weighted by Gasteiger charge is -2.02. The average molecular weight is 210 g/mol. The molecule has 2 aromatic rings. The Balaban J connectivity index is 2.57. The van der Waals surface area contributed by atoms with Gasteiger partial charge in [-0.1, -0.05) is 17.7 Å². The van der Waals surface area contributed by atoms with Crippen LogP contribution in [0.3, 0.4) is 0 Å². The molecule has 0 atom stereocenters. The van der Waals surface area contributed by atoms with Crippen molar-refractivity contribution in [2.75, 3.05) is 0 Å². The van der Waals surface area contributed by atoms with Crippen LogP contribution in [0.1, 0.15) is 5.56 Å². The first kappa shape index (κ1) is 8.73. The quantitative estimate of drug-likeness (QED) is 0.697. The molecule has 1 heterocycles. The standard InChI is InChI=1S/C10H8ClNS/c1-7-2-3-8(11)4-9(7)10-5-13-6-12-10/h2-6H,1H3. The fourth-order valence-corrected chi connectivity index (χ4v) is 1.94. The van der Waals surface area contributed by atoms with E-state index >= 15 is 0 Å². The molecule has 0 aliphatic rings. The molecule has 3 heteroatoms. The zero-order valence-corrected chi connectivity index (χ0v) is 8.69. The molecule has 0 N–H and O–H groups in total. The predicted octanol–water partition coefficient (Wildman–Crippen LogP) is 3.77. The zero-order valence-electron chi connectivity index (χ0n) is 7.12. The highest BCUT2D eigenvalue weighted by atomic mass is 35.5. The minimum absolute atomic E-state index is 0.758. The molecule has 13 heavy (non-hydrogen) atoms. The van der Waals surface area contributed by atoms with E-state index < -0.39 is 0 Å². The summed E-state index contributed by atoms with van der Waals surface area (Å²) in [6.45, 7) is 2.06. The minimum atomic E-state index is 0.758. The van der Waals surface area contributed by atoms with Crippen LogP contribution in [0.2, 0.25) is 5.02 Å². The maximum absolute atomic E-state index is 5.91. The number of hydrogen-bond acceptors (Lipinski definition) is 2. The molecule has 1 aromatic heterocycles. The second-order valence-electron chi connectivity index (χ2n) is 2.83. The van der Waals surface area contributed by atoms with Gasteiger partial charge in [0.25, 0.3) is 0 Å². The van der Waals surface area contributed by atoms with Gasteiger partial charge in [0.1, 0.15) is 0 Å². The van der Waals surface area contributed by atoms with Crippen LogP contribution in [0.25, 0.3) is 11.3 Å². The summed E-state index contributed by atoms with van der Waals surface area (Å²) < 4.78 is 0. The van der Waals surface area contributed by atoms with Crippen molar-refractivity contribution in [3.63, 3.8) is 0 Å². The summed E-state index contributed by atoms with van der Waals surface area (Å²) in [5.74, 6) is 0. The van der Waals surface area contributed by atoms with Crippen molar-refractivity contribution in [2.24, 2.45) is 0 Å². The third-order valence-electron chi connectivity index (χ3n) is 1.91. The van der Waals surface area contributed by atoms with E-state index in [1.807, 2.05) is 29.1 Å². The van der Waals surface area contributed by atoms with Crippen LogP contribution in [-0.4, -0.2) is 4.98 Å². The molecule has 0 saturated carbocycles. The van der Waals surface area contributed by atoms with E-state index in [9.17, 15) is 0 Å². The van der Waals surface area contributed by atoms with Crippen molar-refractivity contribution in [1.29, 1.82) is 0 Å². The summed E-state index contributed by atoms with van der Waals surface area (Å²) in [4.78, 5) is 4.25. The lowest BCUT2D eigenvalue weighted by atomic mass is 10.1. The van der Waals surface area contributed by atoms with Gasteiger partial charge in [0.05, 0.1) is 11.2 Å². The normalized spacial score (nSPS) is 10.3. The smallest absolute Gasteiger partial charge is 0.0814 e. The molecule has 0 radical (unpaired) electrons. The molecule has 0 bridgehead atoms. The van der Waals surface area contributed by atoms with Crippen molar-refractivity contribution >= 4 is 22.9 Å². The molecule has 66 valence electrons. The molecule has 1 nitrogen and oxygen atoms in total. The summed E-state index contributed by atoms with van der Waals surface area (Å²) in [5.41, 5.74) is 5.16. The van der Waals surface area contributed by atoms with E-state index in [-0.39, 0.29) is 0 Å². The molecule has 0 fully saturated rings. The van der Waals surface area contributed by atoms with Crippen LogP contribution in [0.5, 0.6) is 0 Å². The molecular formula is C10H8ClNS. The summed E-state index contributed by atoms with van der Waals surface area (Å²) in [7, 11) is 0. The van der Waals surface area contributed by atoms with Gasteiger partial charge in [0, 0.05) is 16.0 Å². The van der Waals surface area contributed by atoms with Crippen LogP contribution in [0.4, 0.5) is 0 Å². The third kappa shape index (κ3) is 1.74. The van der Waals surface area contributed by atoms with E-state index in [0.717, 1.165) is 16.3 Å². The summed E-state index contributed by atoms with van der Waals surface area (Å²) >= 11 is 7.50. The lowest BCUT2D eigenvalue weighted by Crippen LogP contribution is -1.82. The van der Waals surface area contributed by atoms with Crippen molar-refractivity contribution in [1.82, 2.24) is 4.98 Å². The van der Waals surface area contributed by atoms with E-state index in [1.165, 1.54) is 5.56 Å².